The molecule has 29 heavy (non-hydrogen) atoms. The lowest BCUT2D eigenvalue weighted by Crippen LogP contribution is -2.35. The molecular formula is C26H29N2O+. The van der Waals surface area contributed by atoms with E-state index in [2.05, 4.69) is 64.0 Å². The lowest BCUT2D eigenvalue weighted by molar-refractivity contribution is -0.720. The van der Waals surface area contributed by atoms with Gasteiger partial charge in [-0.15, -0.1) is 0 Å². The van der Waals surface area contributed by atoms with E-state index in [0.717, 1.165) is 39.8 Å². The van der Waals surface area contributed by atoms with E-state index in [-0.39, 0.29) is 10.8 Å². The third-order valence-electron chi connectivity index (χ3n) is 6.93. The molecule has 1 aliphatic rings. The maximum absolute atomic E-state index is 8.08. The zero-order valence-electron chi connectivity index (χ0n) is 19.2. The van der Waals surface area contributed by atoms with Crippen molar-refractivity contribution >= 4 is 21.9 Å². The van der Waals surface area contributed by atoms with Crippen LogP contribution in [0.5, 0.6) is 0 Å². The van der Waals surface area contributed by atoms with E-state index in [1.807, 2.05) is 17.8 Å². The summed E-state index contributed by atoms with van der Waals surface area (Å²) in [6.45, 7) is 11.5. The van der Waals surface area contributed by atoms with Crippen molar-refractivity contribution in [2.75, 3.05) is 0 Å². The topological polar surface area (TPSA) is 29.9 Å². The van der Waals surface area contributed by atoms with Gasteiger partial charge >= 0.3 is 0 Å². The molecule has 3 nitrogen and oxygen atoms in total. The van der Waals surface area contributed by atoms with Crippen LogP contribution in [0.25, 0.3) is 33.2 Å². The van der Waals surface area contributed by atoms with Crippen LogP contribution in [0.2, 0.25) is 0 Å². The molecule has 0 amide bonds. The van der Waals surface area contributed by atoms with Crippen molar-refractivity contribution in [2.45, 2.75) is 58.3 Å². The van der Waals surface area contributed by atoms with Crippen molar-refractivity contribution in [1.82, 2.24) is 5.10 Å². The van der Waals surface area contributed by atoms with Gasteiger partial charge in [-0.25, -0.2) is 0 Å². The highest BCUT2D eigenvalue weighted by Crippen LogP contribution is 2.51. The summed E-state index contributed by atoms with van der Waals surface area (Å²) in [5, 5.41) is 6.76. The Bertz CT molecular complexity index is 1330. The predicted molar refractivity (Wildman–Crippen MR) is 118 cm³/mol. The van der Waals surface area contributed by atoms with Gasteiger partial charge in [-0.2, -0.15) is 0 Å². The summed E-state index contributed by atoms with van der Waals surface area (Å²) in [5.41, 5.74) is 8.01. The number of rotatable bonds is 1. The number of benzene rings is 2. The van der Waals surface area contributed by atoms with Gasteiger partial charge < -0.3 is 4.42 Å². The van der Waals surface area contributed by atoms with E-state index in [0.29, 0.717) is 6.04 Å². The highest BCUT2D eigenvalue weighted by Gasteiger charge is 2.39. The fourth-order valence-corrected chi connectivity index (χ4v) is 5.13. The number of aryl methyl sites for hydroxylation is 2. The van der Waals surface area contributed by atoms with Crippen molar-refractivity contribution < 1.29 is 10.5 Å². The molecule has 0 spiro atoms. The van der Waals surface area contributed by atoms with Crippen LogP contribution < -0.4 is 4.68 Å². The molecule has 0 fully saturated rings. The Morgan fingerprint density at radius 1 is 1.03 bits per heavy atom. The Morgan fingerprint density at radius 3 is 2.59 bits per heavy atom. The number of furan rings is 1. The van der Waals surface area contributed by atoms with Crippen LogP contribution >= 0.6 is 0 Å². The van der Waals surface area contributed by atoms with Crippen molar-refractivity contribution in [1.29, 1.82) is 0 Å². The van der Waals surface area contributed by atoms with Gasteiger partial charge in [-0.1, -0.05) is 50.6 Å². The summed E-state index contributed by atoms with van der Waals surface area (Å²) in [4.78, 5) is 0. The maximum atomic E-state index is 8.08. The van der Waals surface area contributed by atoms with E-state index in [9.17, 15) is 0 Å². The standard InChI is InChI=1S/C26H29N2O/c1-16-9-10-17-22-20(29-24(17)21(16)19-8-7-15-27-28(19)6)12-11-18-23(22)26(4,5)14-13-25(18,2)3/h7-12,15H,13-14H2,1-6H3/q+1/i7D. The fourth-order valence-electron chi connectivity index (χ4n) is 5.13. The van der Waals surface area contributed by atoms with Crippen molar-refractivity contribution in [3.05, 3.63) is 59.3 Å². The molecule has 0 atom stereocenters. The van der Waals surface area contributed by atoms with Crippen LogP contribution in [0.3, 0.4) is 0 Å². The molecule has 0 aliphatic heterocycles. The van der Waals surface area contributed by atoms with Crippen LogP contribution in [0, 0.1) is 6.92 Å². The zero-order chi connectivity index (χ0) is 21.4. The van der Waals surface area contributed by atoms with Gasteiger partial charge in [0.2, 0.25) is 5.69 Å². The molecule has 0 N–H and O–H groups in total. The highest BCUT2D eigenvalue weighted by molar-refractivity contribution is 6.12. The van der Waals surface area contributed by atoms with Gasteiger partial charge in [-0.3, -0.25) is 0 Å². The van der Waals surface area contributed by atoms with Gasteiger partial charge in [0.15, 0.2) is 7.05 Å². The number of hydrogen-bond donors (Lipinski definition) is 0. The molecule has 0 saturated heterocycles. The predicted octanol–water partition coefficient (Wildman–Crippen LogP) is 6.13. The van der Waals surface area contributed by atoms with E-state index in [1.165, 1.54) is 22.9 Å². The number of nitrogens with zero attached hydrogens (tertiary/aromatic N) is 2. The maximum Gasteiger partial charge on any atom is 0.242 e. The van der Waals surface area contributed by atoms with Crippen LogP contribution in [0.15, 0.2) is 47.0 Å². The Hall–Kier alpha value is -2.68. The third kappa shape index (κ3) is 2.56. The first-order chi connectivity index (χ1) is 14.1. The van der Waals surface area contributed by atoms with E-state index in [4.69, 9.17) is 5.79 Å². The van der Waals surface area contributed by atoms with Gasteiger partial charge in [0.25, 0.3) is 0 Å². The molecule has 148 valence electrons. The smallest absolute Gasteiger partial charge is 0.242 e. The normalized spacial score (nSPS) is 18.1. The monoisotopic (exact) mass is 386 g/mol. The minimum atomic E-state index is 0.0968. The average Bonchev–Trinajstić information content (AvgIpc) is 3.05. The second-order valence-corrected chi connectivity index (χ2v) is 9.83. The first kappa shape index (κ1) is 17.2. The lowest BCUT2D eigenvalue weighted by Gasteiger charge is -2.42. The van der Waals surface area contributed by atoms with E-state index < -0.39 is 0 Å². The van der Waals surface area contributed by atoms with Crippen molar-refractivity contribution in [3.63, 3.8) is 0 Å². The molecule has 1 aliphatic carbocycles. The van der Waals surface area contributed by atoms with Crippen LogP contribution in [0.4, 0.5) is 0 Å². The van der Waals surface area contributed by atoms with Gasteiger partial charge in [0, 0.05) is 16.8 Å². The first-order valence-electron chi connectivity index (χ1n) is 10.9. The number of fused-ring (bicyclic) bond motifs is 5. The van der Waals surface area contributed by atoms with Crippen molar-refractivity contribution in [2.24, 2.45) is 7.05 Å². The fraction of sp³-hybridized carbons (Fsp3) is 0.385. The van der Waals surface area contributed by atoms with Gasteiger partial charge in [0.05, 0.1) is 13.1 Å². The average molecular weight is 387 g/mol. The Morgan fingerprint density at radius 2 is 1.79 bits per heavy atom. The molecule has 4 aromatic rings. The number of hydrogen-bond acceptors (Lipinski definition) is 2. The summed E-state index contributed by atoms with van der Waals surface area (Å²) in [6, 6.07) is 11.1. The van der Waals surface area contributed by atoms with Gasteiger partial charge in [-0.05, 0) is 64.5 Å². The summed E-state index contributed by atoms with van der Waals surface area (Å²) < 4.78 is 16.4. The molecular weight excluding hydrogens is 356 g/mol. The largest absolute Gasteiger partial charge is 0.455 e. The highest BCUT2D eigenvalue weighted by atomic mass is 16.3. The Balaban J connectivity index is 1.94. The summed E-state index contributed by atoms with van der Waals surface area (Å²) in [6.07, 6.45) is 3.92. The molecule has 0 unspecified atom stereocenters. The van der Waals surface area contributed by atoms with Gasteiger partial charge in [0.1, 0.15) is 11.2 Å². The lowest BCUT2D eigenvalue weighted by atomic mass is 9.62. The Kier molecular flexibility index (Phi) is 3.51. The second kappa shape index (κ2) is 5.91. The number of aromatic nitrogens is 2. The van der Waals surface area contributed by atoms with Crippen LogP contribution in [-0.4, -0.2) is 5.10 Å². The zero-order valence-corrected chi connectivity index (χ0v) is 18.2. The van der Waals surface area contributed by atoms with Crippen LogP contribution in [0.1, 0.15) is 58.6 Å². The molecule has 5 rings (SSSR count). The van der Waals surface area contributed by atoms with Crippen LogP contribution in [-0.2, 0) is 17.9 Å². The van der Waals surface area contributed by atoms with E-state index >= 15 is 0 Å². The summed E-state index contributed by atoms with van der Waals surface area (Å²) in [7, 11) is 1.92. The summed E-state index contributed by atoms with van der Waals surface area (Å²) >= 11 is 0. The summed E-state index contributed by atoms with van der Waals surface area (Å²) in [5.74, 6) is 0. The second-order valence-electron chi connectivity index (χ2n) is 9.83. The molecule has 0 bridgehead atoms. The molecule has 2 aromatic heterocycles. The quantitative estimate of drug-likeness (QED) is 0.368. The molecule has 3 heteroatoms. The molecule has 0 saturated carbocycles. The minimum absolute atomic E-state index is 0.0968. The molecule has 2 aromatic carbocycles. The van der Waals surface area contributed by atoms with E-state index in [1.54, 1.807) is 6.20 Å². The Labute approximate surface area is 173 Å². The van der Waals surface area contributed by atoms with Crippen molar-refractivity contribution in [3.8, 4) is 11.3 Å². The SMILES string of the molecule is [2H]c1cn[n+](C)c(-c2c(C)ccc3c2oc2ccc4c(c23)C(C)(C)CCC4(C)C)c1. The third-order valence-corrected chi connectivity index (χ3v) is 6.93. The molecule has 0 radical (unpaired) electrons. The minimum Gasteiger partial charge on any atom is -0.455 e. The first-order valence-corrected chi connectivity index (χ1v) is 10.4. The molecule has 2 heterocycles.